The Hall–Kier alpha value is -0.610. The molecule has 92 valence electrons. The van der Waals surface area contributed by atoms with E-state index in [1.807, 2.05) is 6.92 Å². The molecule has 1 N–H and O–H groups in total. The Bertz CT molecular complexity index is 279. The van der Waals surface area contributed by atoms with Crippen molar-refractivity contribution >= 4 is 5.84 Å². The molecule has 0 aliphatic carbocycles. The summed E-state index contributed by atoms with van der Waals surface area (Å²) < 4.78 is 0. The van der Waals surface area contributed by atoms with Gasteiger partial charge in [0.1, 0.15) is 0 Å². The maximum absolute atomic E-state index is 10.6. The second-order valence-corrected chi connectivity index (χ2v) is 5.05. The molecule has 16 heavy (non-hydrogen) atoms. The molecule has 0 amide bonds. The van der Waals surface area contributed by atoms with Crippen molar-refractivity contribution in [3.63, 3.8) is 0 Å². The summed E-state index contributed by atoms with van der Waals surface area (Å²) >= 11 is 0. The number of hydrogen-bond donors (Lipinski definition) is 1. The van der Waals surface area contributed by atoms with Gasteiger partial charge in [-0.05, 0) is 32.9 Å². The Morgan fingerprint density at radius 2 is 2.25 bits per heavy atom. The fraction of sp³-hybridized carbons (Fsp3) is 0.917. The van der Waals surface area contributed by atoms with E-state index in [1.165, 1.54) is 0 Å². The van der Waals surface area contributed by atoms with Crippen LogP contribution in [0.3, 0.4) is 0 Å². The molecule has 0 saturated carbocycles. The van der Waals surface area contributed by atoms with Crippen molar-refractivity contribution in [2.75, 3.05) is 39.3 Å². The minimum atomic E-state index is -0.532. The number of β-amino-alcohol motifs (C(OH)–C–C–N with tert-alkyl or cyclic N) is 1. The lowest BCUT2D eigenvalue weighted by Crippen LogP contribution is -2.54. The van der Waals surface area contributed by atoms with E-state index in [4.69, 9.17) is 0 Å². The first kappa shape index (κ1) is 11.9. The molecule has 4 heteroatoms. The predicted molar refractivity (Wildman–Crippen MR) is 65.8 cm³/mol. The first-order valence-electron chi connectivity index (χ1n) is 6.34. The number of likely N-dealkylation sites (tertiary alicyclic amines) is 1. The van der Waals surface area contributed by atoms with E-state index < -0.39 is 5.60 Å². The van der Waals surface area contributed by atoms with Crippen LogP contribution in [0, 0.1) is 0 Å². The third-order valence-electron chi connectivity index (χ3n) is 3.73. The molecule has 0 unspecified atom stereocenters. The van der Waals surface area contributed by atoms with Crippen molar-refractivity contribution in [2.24, 2.45) is 4.99 Å². The topological polar surface area (TPSA) is 39.1 Å². The van der Waals surface area contributed by atoms with Crippen LogP contribution in [-0.4, -0.2) is 65.6 Å². The quantitative estimate of drug-likeness (QED) is 0.763. The molecule has 1 saturated heterocycles. The van der Waals surface area contributed by atoms with Crippen LogP contribution in [0.1, 0.15) is 26.7 Å². The van der Waals surface area contributed by atoms with Gasteiger partial charge in [0, 0.05) is 19.6 Å². The highest BCUT2D eigenvalue weighted by Gasteiger charge is 2.35. The highest BCUT2D eigenvalue weighted by molar-refractivity contribution is 5.81. The van der Waals surface area contributed by atoms with Crippen molar-refractivity contribution in [3.05, 3.63) is 0 Å². The highest BCUT2D eigenvalue weighted by Crippen LogP contribution is 2.23. The summed E-state index contributed by atoms with van der Waals surface area (Å²) in [5.41, 5.74) is -0.532. The Kier molecular flexibility index (Phi) is 3.50. The second kappa shape index (κ2) is 4.72. The van der Waals surface area contributed by atoms with E-state index in [1.54, 1.807) is 0 Å². The molecule has 2 heterocycles. The van der Waals surface area contributed by atoms with Crippen molar-refractivity contribution in [1.82, 2.24) is 9.80 Å². The van der Waals surface area contributed by atoms with Crippen LogP contribution in [0.25, 0.3) is 0 Å². The molecule has 0 aromatic carbocycles. The minimum absolute atomic E-state index is 0.532. The first-order valence-corrected chi connectivity index (χ1v) is 6.34. The number of hydrogen-bond acceptors (Lipinski definition) is 4. The second-order valence-electron chi connectivity index (χ2n) is 5.05. The summed E-state index contributed by atoms with van der Waals surface area (Å²) in [7, 11) is 0. The van der Waals surface area contributed by atoms with Gasteiger partial charge in [0.05, 0.1) is 18.0 Å². The van der Waals surface area contributed by atoms with Crippen LogP contribution in [0.5, 0.6) is 0 Å². The Morgan fingerprint density at radius 3 is 2.88 bits per heavy atom. The number of piperidine rings is 1. The lowest BCUT2D eigenvalue weighted by molar-refractivity contribution is -0.0406. The Labute approximate surface area is 98.0 Å². The summed E-state index contributed by atoms with van der Waals surface area (Å²) in [4.78, 5) is 8.93. The molecule has 0 aromatic rings. The molecular weight excluding hydrogens is 202 g/mol. The van der Waals surface area contributed by atoms with Gasteiger partial charge >= 0.3 is 0 Å². The monoisotopic (exact) mass is 225 g/mol. The van der Waals surface area contributed by atoms with Gasteiger partial charge in [-0.25, -0.2) is 0 Å². The molecule has 2 rings (SSSR count). The van der Waals surface area contributed by atoms with Gasteiger partial charge in [-0.2, -0.15) is 0 Å². The lowest BCUT2D eigenvalue weighted by Gasteiger charge is -2.41. The molecule has 4 nitrogen and oxygen atoms in total. The number of aliphatic imine (C=N–C) groups is 1. The van der Waals surface area contributed by atoms with E-state index in [2.05, 4.69) is 21.7 Å². The van der Waals surface area contributed by atoms with Gasteiger partial charge in [0.15, 0.2) is 0 Å². The average Bonchev–Trinajstić information content (AvgIpc) is 2.64. The fourth-order valence-corrected chi connectivity index (χ4v) is 2.75. The molecule has 2 aliphatic heterocycles. The Balaban J connectivity index is 1.94. The zero-order valence-electron chi connectivity index (χ0n) is 10.4. The number of nitrogens with zero attached hydrogens (tertiary/aromatic N) is 3. The molecule has 1 fully saturated rings. The van der Waals surface area contributed by atoms with Crippen LogP contribution in [0.2, 0.25) is 0 Å². The number of amidine groups is 1. The van der Waals surface area contributed by atoms with Crippen molar-refractivity contribution < 1.29 is 5.11 Å². The minimum Gasteiger partial charge on any atom is -0.387 e. The van der Waals surface area contributed by atoms with Gasteiger partial charge in [-0.15, -0.1) is 0 Å². The molecule has 2 aliphatic rings. The van der Waals surface area contributed by atoms with Crippen LogP contribution < -0.4 is 0 Å². The molecule has 1 atom stereocenters. The van der Waals surface area contributed by atoms with Crippen LogP contribution >= 0.6 is 0 Å². The largest absolute Gasteiger partial charge is 0.387 e. The third-order valence-corrected chi connectivity index (χ3v) is 3.73. The summed E-state index contributed by atoms with van der Waals surface area (Å²) in [6.07, 6.45) is 2.03. The van der Waals surface area contributed by atoms with Crippen molar-refractivity contribution in [3.8, 4) is 0 Å². The number of rotatable bonds is 3. The summed E-state index contributed by atoms with van der Waals surface area (Å²) in [5.74, 6) is 1.09. The van der Waals surface area contributed by atoms with Gasteiger partial charge < -0.3 is 14.9 Å². The third kappa shape index (κ3) is 2.55. The maximum atomic E-state index is 10.6. The van der Waals surface area contributed by atoms with E-state index in [9.17, 15) is 5.11 Å². The summed E-state index contributed by atoms with van der Waals surface area (Å²) in [6.45, 7) is 9.79. The van der Waals surface area contributed by atoms with Gasteiger partial charge in [-0.1, -0.05) is 6.92 Å². The standard InChI is InChI=1S/C12H23N3O/c1-3-14-7-4-5-12(16,9-14)10-15-8-6-13-11(15)2/h16H,3-10H2,1-2H3/t12-/m1/s1. The highest BCUT2D eigenvalue weighted by atomic mass is 16.3. The van der Waals surface area contributed by atoms with Crippen molar-refractivity contribution in [2.45, 2.75) is 32.3 Å². The zero-order valence-corrected chi connectivity index (χ0v) is 10.4. The van der Waals surface area contributed by atoms with E-state index in [0.29, 0.717) is 0 Å². The molecule has 0 radical (unpaired) electrons. The van der Waals surface area contributed by atoms with Gasteiger partial charge in [0.2, 0.25) is 0 Å². The predicted octanol–water partition coefficient (Wildman–Crippen LogP) is 0.567. The average molecular weight is 225 g/mol. The van der Waals surface area contributed by atoms with Crippen LogP contribution in [0.15, 0.2) is 4.99 Å². The smallest absolute Gasteiger partial charge is 0.0959 e. The Morgan fingerprint density at radius 1 is 1.44 bits per heavy atom. The normalized spacial score (nSPS) is 31.9. The van der Waals surface area contributed by atoms with Crippen molar-refractivity contribution in [1.29, 1.82) is 0 Å². The van der Waals surface area contributed by atoms with E-state index in [-0.39, 0.29) is 0 Å². The molecule has 0 bridgehead atoms. The molecule has 0 spiro atoms. The fourth-order valence-electron chi connectivity index (χ4n) is 2.75. The molecule has 0 aromatic heterocycles. The summed E-state index contributed by atoms with van der Waals surface area (Å²) in [5, 5.41) is 10.6. The first-order chi connectivity index (χ1) is 7.63. The van der Waals surface area contributed by atoms with Crippen LogP contribution in [-0.2, 0) is 0 Å². The van der Waals surface area contributed by atoms with E-state index in [0.717, 1.165) is 57.9 Å². The van der Waals surface area contributed by atoms with Crippen LogP contribution in [0.4, 0.5) is 0 Å². The lowest BCUT2D eigenvalue weighted by atomic mass is 9.92. The maximum Gasteiger partial charge on any atom is 0.0959 e. The summed E-state index contributed by atoms with van der Waals surface area (Å²) in [6, 6.07) is 0. The van der Waals surface area contributed by atoms with Gasteiger partial charge in [-0.3, -0.25) is 4.99 Å². The molecular formula is C12H23N3O. The van der Waals surface area contributed by atoms with Gasteiger partial charge in [0.25, 0.3) is 0 Å². The number of aliphatic hydroxyl groups is 1. The zero-order chi connectivity index (χ0) is 11.6. The van der Waals surface area contributed by atoms with E-state index >= 15 is 0 Å². The number of likely N-dealkylation sites (N-methyl/N-ethyl adjacent to an activating group) is 1. The SMILES string of the molecule is CCN1CCC[C@](O)(CN2CCN=C2C)C1.